The molecule has 4 rings (SSSR count). The summed E-state index contributed by atoms with van der Waals surface area (Å²) in [6, 6.07) is 14.9. The fourth-order valence-electron chi connectivity index (χ4n) is 3.26. The first-order valence-electron chi connectivity index (χ1n) is 8.29. The maximum atomic E-state index is 12.4. The van der Waals surface area contributed by atoms with Gasteiger partial charge in [0, 0.05) is 10.9 Å². The molecule has 2 N–H and O–H groups in total. The van der Waals surface area contributed by atoms with E-state index in [1.807, 2.05) is 25.1 Å². The summed E-state index contributed by atoms with van der Waals surface area (Å²) >= 11 is 0. The summed E-state index contributed by atoms with van der Waals surface area (Å²) in [7, 11) is -3.66. The lowest BCUT2D eigenvalue weighted by atomic mass is 9.94. The number of nitrogens with zero attached hydrogens (tertiary/aromatic N) is 1. The minimum Gasteiger partial charge on any atom is -0.353 e. The van der Waals surface area contributed by atoms with E-state index in [0.717, 1.165) is 41.7 Å². The van der Waals surface area contributed by atoms with Crippen molar-refractivity contribution in [2.75, 3.05) is 0 Å². The van der Waals surface area contributed by atoms with Gasteiger partial charge in [-0.05, 0) is 49.9 Å². The molecule has 0 atom stereocenters. The first-order chi connectivity index (χ1) is 12.0. The molecule has 1 aliphatic carbocycles. The predicted molar refractivity (Wildman–Crippen MR) is 99.3 cm³/mol. The van der Waals surface area contributed by atoms with Crippen LogP contribution >= 0.6 is 0 Å². The molecular weight excluding hydrogens is 334 g/mol. The van der Waals surface area contributed by atoms with Crippen LogP contribution in [0.4, 0.5) is 0 Å². The lowest BCUT2D eigenvalue weighted by Crippen LogP contribution is -2.22. The van der Waals surface area contributed by atoms with Crippen LogP contribution in [-0.4, -0.2) is 19.1 Å². The van der Waals surface area contributed by atoms with Gasteiger partial charge < -0.3 is 4.98 Å². The number of para-hydroxylation sites is 1. The van der Waals surface area contributed by atoms with Crippen LogP contribution in [0.2, 0.25) is 0 Å². The van der Waals surface area contributed by atoms with E-state index in [9.17, 15) is 8.42 Å². The number of benzene rings is 2. The molecule has 0 amide bonds. The van der Waals surface area contributed by atoms with Crippen molar-refractivity contribution in [3.63, 3.8) is 0 Å². The second kappa shape index (κ2) is 6.04. The van der Waals surface area contributed by atoms with Crippen LogP contribution < -0.4 is 4.83 Å². The number of aromatic nitrogens is 1. The zero-order valence-electron chi connectivity index (χ0n) is 13.9. The maximum Gasteiger partial charge on any atom is 0.276 e. The number of rotatable bonds is 3. The van der Waals surface area contributed by atoms with E-state index in [0.29, 0.717) is 0 Å². The van der Waals surface area contributed by atoms with Crippen molar-refractivity contribution < 1.29 is 8.42 Å². The third-order valence-electron chi connectivity index (χ3n) is 4.57. The Balaban J connectivity index is 1.68. The van der Waals surface area contributed by atoms with Crippen molar-refractivity contribution in [3.8, 4) is 0 Å². The summed E-state index contributed by atoms with van der Waals surface area (Å²) in [4.78, 5) is 5.99. The van der Waals surface area contributed by atoms with E-state index >= 15 is 0 Å². The molecule has 0 saturated carbocycles. The van der Waals surface area contributed by atoms with Gasteiger partial charge in [-0.3, -0.25) is 0 Å². The lowest BCUT2D eigenvalue weighted by molar-refractivity contribution is 0.584. The highest BCUT2D eigenvalue weighted by Gasteiger charge is 2.21. The minimum atomic E-state index is -3.66. The first-order valence-corrected chi connectivity index (χ1v) is 9.78. The average Bonchev–Trinajstić information content (AvgIpc) is 3.00. The third kappa shape index (κ3) is 2.93. The Bertz CT molecular complexity index is 1060. The normalized spacial score (nSPS) is 16.1. The van der Waals surface area contributed by atoms with Gasteiger partial charge in [-0.2, -0.15) is 18.4 Å². The van der Waals surface area contributed by atoms with Gasteiger partial charge >= 0.3 is 0 Å². The molecule has 1 aromatic heterocycles. The summed E-state index contributed by atoms with van der Waals surface area (Å²) in [5.74, 6) is 0. The molecule has 0 spiro atoms. The largest absolute Gasteiger partial charge is 0.353 e. The molecule has 0 fully saturated rings. The molecule has 5 nitrogen and oxygen atoms in total. The smallest absolute Gasteiger partial charge is 0.276 e. The highest BCUT2D eigenvalue weighted by molar-refractivity contribution is 7.89. The number of hydrogen-bond donors (Lipinski definition) is 2. The number of hydrogen-bond acceptors (Lipinski definition) is 3. The van der Waals surface area contributed by atoms with Crippen molar-refractivity contribution in [1.29, 1.82) is 0 Å². The van der Waals surface area contributed by atoms with Gasteiger partial charge in [-0.15, -0.1) is 0 Å². The van der Waals surface area contributed by atoms with E-state index in [4.69, 9.17) is 0 Å². The summed E-state index contributed by atoms with van der Waals surface area (Å²) in [5.41, 5.74) is 4.99. The fraction of sp³-hybridized carbons (Fsp3) is 0.211. The molecule has 0 aliphatic heterocycles. The van der Waals surface area contributed by atoms with Crippen LogP contribution in [-0.2, 0) is 16.4 Å². The Morgan fingerprint density at radius 2 is 1.80 bits per heavy atom. The Morgan fingerprint density at radius 1 is 1.04 bits per heavy atom. The van der Waals surface area contributed by atoms with Gasteiger partial charge in [0.05, 0.1) is 16.3 Å². The molecule has 0 saturated heterocycles. The molecule has 0 bridgehead atoms. The Morgan fingerprint density at radius 3 is 2.60 bits per heavy atom. The number of H-pyrrole nitrogens is 1. The highest BCUT2D eigenvalue weighted by Crippen LogP contribution is 2.29. The molecule has 2 aromatic carbocycles. The Labute approximate surface area is 146 Å². The number of aryl methyl sites for hydroxylation is 2. The molecule has 25 heavy (non-hydrogen) atoms. The van der Waals surface area contributed by atoms with Crippen molar-refractivity contribution in [2.45, 2.75) is 31.1 Å². The van der Waals surface area contributed by atoms with Crippen LogP contribution in [0.25, 0.3) is 10.9 Å². The monoisotopic (exact) mass is 353 g/mol. The standard InChI is InChI=1S/C19H19N3O2S/c1-13-9-11-14(12-10-13)25(23,24)22-21-18-8-4-6-16-15-5-2-3-7-17(15)20-19(16)18/h2-3,5,7,9-12,20,22H,4,6,8H2,1H3. The third-order valence-corrected chi connectivity index (χ3v) is 5.80. The van der Waals surface area contributed by atoms with Gasteiger partial charge in [0.2, 0.25) is 0 Å². The average molecular weight is 353 g/mol. The second-order valence-corrected chi connectivity index (χ2v) is 8.00. The maximum absolute atomic E-state index is 12.4. The minimum absolute atomic E-state index is 0.218. The van der Waals surface area contributed by atoms with E-state index in [1.165, 1.54) is 10.9 Å². The van der Waals surface area contributed by atoms with Crippen molar-refractivity contribution in [1.82, 2.24) is 9.82 Å². The fourth-order valence-corrected chi connectivity index (χ4v) is 4.09. The summed E-state index contributed by atoms with van der Waals surface area (Å²) in [6.45, 7) is 1.92. The predicted octanol–water partition coefficient (Wildman–Crippen LogP) is 3.50. The number of fused-ring (bicyclic) bond motifs is 3. The molecule has 1 aliphatic rings. The van der Waals surface area contributed by atoms with Crippen LogP contribution in [0.15, 0.2) is 58.5 Å². The van der Waals surface area contributed by atoms with E-state index < -0.39 is 10.0 Å². The van der Waals surface area contributed by atoms with Crippen molar-refractivity contribution >= 4 is 26.6 Å². The van der Waals surface area contributed by atoms with E-state index in [-0.39, 0.29) is 4.90 Å². The summed E-state index contributed by atoms with van der Waals surface area (Å²) < 4.78 is 24.9. The van der Waals surface area contributed by atoms with Crippen LogP contribution in [0.1, 0.15) is 29.7 Å². The molecule has 6 heteroatoms. The second-order valence-electron chi connectivity index (χ2n) is 6.34. The first kappa shape index (κ1) is 15.9. The number of nitrogens with one attached hydrogen (secondary N) is 2. The SMILES string of the molecule is Cc1ccc(S(=O)(=O)NN=C2CCCc3c2[nH]c2ccccc32)cc1. The molecule has 3 aromatic rings. The number of hydrazone groups is 1. The summed E-state index contributed by atoms with van der Waals surface area (Å²) in [5, 5.41) is 5.42. The van der Waals surface area contributed by atoms with E-state index in [1.54, 1.807) is 24.3 Å². The van der Waals surface area contributed by atoms with E-state index in [2.05, 4.69) is 21.0 Å². The zero-order valence-corrected chi connectivity index (χ0v) is 14.7. The van der Waals surface area contributed by atoms with Crippen molar-refractivity contribution in [2.24, 2.45) is 5.10 Å². The number of aromatic amines is 1. The number of sulfonamides is 1. The molecule has 0 unspecified atom stereocenters. The van der Waals surface area contributed by atoms with Crippen LogP contribution in [0.5, 0.6) is 0 Å². The molecule has 128 valence electrons. The van der Waals surface area contributed by atoms with Gasteiger partial charge in [0.1, 0.15) is 0 Å². The van der Waals surface area contributed by atoms with Crippen LogP contribution in [0, 0.1) is 6.92 Å². The molecule has 1 heterocycles. The van der Waals surface area contributed by atoms with Crippen molar-refractivity contribution in [3.05, 3.63) is 65.4 Å². The van der Waals surface area contributed by atoms with Gasteiger partial charge in [-0.1, -0.05) is 35.9 Å². The lowest BCUT2D eigenvalue weighted by Gasteiger charge is -2.14. The van der Waals surface area contributed by atoms with Crippen LogP contribution in [0.3, 0.4) is 0 Å². The highest BCUT2D eigenvalue weighted by atomic mass is 32.2. The van der Waals surface area contributed by atoms with Gasteiger partial charge in [0.15, 0.2) is 0 Å². The Hall–Kier alpha value is -2.60. The Kier molecular flexibility index (Phi) is 3.84. The molecular formula is C19H19N3O2S. The zero-order chi connectivity index (χ0) is 17.4. The molecule has 0 radical (unpaired) electrons. The quantitative estimate of drug-likeness (QED) is 0.707. The topological polar surface area (TPSA) is 74.3 Å². The van der Waals surface area contributed by atoms with Gasteiger partial charge in [0.25, 0.3) is 10.0 Å². The van der Waals surface area contributed by atoms with Gasteiger partial charge in [-0.25, -0.2) is 0 Å². The summed E-state index contributed by atoms with van der Waals surface area (Å²) in [6.07, 6.45) is 2.68.